The Kier molecular flexibility index (Phi) is 4.83. The molecule has 3 rings (SSSR count). The molecule has 0 spiro atoms. The van der Waals surface area contributed by atoms with Crippen LogP contribution in [0.4, 0.5) is 4.79 Å². The Bertz CT molecular complexity index is 835. The van der Waals surface area contributed by atoms with Gasteiger partial charge in [-0.1, -0.05) is 24.3 Å². The fourth-order valence-electron chi connectivity index (χ4n) is 2.67. The summed E-state index contributed by atoms with van der Waals surface area (Å²) in [6.45, 7) is 4.40. The van der Waals surface area contributed by atoms with Crippen molar-refractivity contribution in [3.63, 3.8) is 0 Å². The van der Waals surface area contributed by atoms with E-state index in [1.807, 2.05) is 51.2 Å². The Balaban J connectivity index is 1.53. The molecular weight excluding hydrogens is 316 g/mol. The Morgan fingerprint density at radius 1 is 1.28 bits per heavy atom. The van der Waals surface area contributed by atoms with Gasteiger partial charge in [0.25, 0.3) is 0 Å². The van der Waals surface area contributed by atoms with E-state index < -0.39 is 0 Å². The van der Waals surface area contributed by atoms with Crippen molar-refractivity contribution in [1.82, 2.24) is 30.6 Å². The molecule has 1 atom stereocenters. The predicted octanol–water partition coefficient (Wildman–Crippen LogP) is 2.68. The molecule has 0 fully saturated rings. The molecule has 1 unspecified atom stereocenters. The number of aryl methyl sites for hydroxylation is 1. The van der Waals surface area contributed by atoms with Crippen LogP contribution in [-0.4, -0.2) is 26.0 Å². The SMILES string of the molecule is Cc1c(C(C)NC(=O)NCc2ccc(-c3ccn[nH]3)cc2)cnn1C. The first-order valence-corrected chi connectivity index (χ1v) is 8.16. The van der Waals surface area contributed by atoms with E-state index in [1.165, 1.54) is 0 Å². The van der Waals surface area contributed by atoms with E-state index in [0.29, 0.717) is 6.54 Å². The van der Waals surface area contributed by atoms with Crippen molar-refractivity contribution in [3.05, 3.63) is 59.5 Å². The number of aromatic nitrogens is 4. The molecule has 1 aromatic carbocycles. The van der Waals surface area contributed by atoms with Crippen LogP contribution in [0.2, 0.25) is 0 Å². The molecule has 7 nitrogen and oxygen atoms in total. The van der Waals surface area contributed by atoms with Crippen molar-refractivity contribution in [3.8, 4) is 11.3 Å². The second-order valence-electron chi connectivity index (χ2n) is 6.02. The molecule has 2 aromatic heterocycles. The number of aromatic amines is 1. The van der Waals surface area contributed by atoms with Gasteiger partial charge in [0.05, 0.1) is 17.9 Å². The number of carbonyl (C=O) groups is 1. The van der Waals surface area contributed by atoms with Gasteiger partial charge < -0.3 is 10.6 Å². The number of hydrogen-bond acceptors (Lipinski definition) is 3. The van der Waals surface area contributed by atoms with E-state index >= 15 is 0 Å². The van der Waals surface area contributed by atoms with Crippen molar-refractivity contribution in [2.45, 2.75) is 26.4 Å². The van der Waals surface area contributed by atoms with Crippen LogP contribution < -0.4 is 10.6 Å². The minimum Gasteiger partial charge on any atom is -0.334 e. The molecule has 0 radical (unpaired) electrons. The fraction of sp³-hybridized carbons (Fsp3) is 0.278. The third kappa shape index (κ3) is 3.88. The number of H-pyrrole nitrogens is 1. The predicted molar refractivity (Wildman–Crippen MR) is 95.8 cm³/mol. The Labute approximate surface area is 146 Å². The van der Waals surface area contributed by atoms with E-state index in [4.69, 9.17) is 0 Å². The van der Waals surface area contributed by atoms with Gasteiger partial charge in [-0.15, -0.1) is 0 Å². The van der Waals surface area contributed by atoms with Crippen LogP contribution in [0.5, 0.6) is 0 Å². The average molecular weight is 338 g/mol. The Hall–Kier alpha value is -3.09. The summed E-state index contributed by atoms with van der Waals surface area (Å²) < 4.78 is 1.80. The first kappa shape index (κ1) is 16.8. The highest BCUT2D eigenvalue weighted by molar-refractivity contribution is 5.74. The lowest BCUT2D eigenvalue weighted by Crippen LogP contribution is -2.36. The highest BCUT2D eigenvalue weighted by Gasteiger charge is 2.14. The van der Waals surface area contributed by atoms with Gasteiger partial charge in [0.15, 0.2) is 0 Å². The average Bonchev–Trinajstić information content (AvgIpc) is 3.25. The molecule has 7 heteroatoms. The molecule has 2 heterocycles. The van der Waals surface area contributed by atoms with Crippen molar-refractivity contribution in [2.75, 3.05) is 0 Å². The van der Waals surface area contributed by atoms with Crippen LogP contribution in [-0.2, 0) is 13.6 Å². The second-order valence-corrected chi connectivity index (χ2v) is 6.02. The number of rotatable bonds is 5. The normalized spacial score (nSPS) is 12.0. The molecular formula is C18H22N6O. The summed E-state index contributed by atoms with van der Waals surface area (Å²) in [7, 11) is 1.89. The van der Waals surface area contributed by atoms with Crippen molar-refractivity contribution in [2.24, 2.45) is 7.05 Å². The Morgan fingerprint density at radius 3 is 2.64 bits per heavy atom. The largest absolute Gasteiger partial charge is 0.334 e. The summed E-state index contributed by atoms with van der Waals surface area (Å²) in [6, 6.07) is 9.61. The van der Waals surface area contributed by atoms with Gasteiger partial charge in [-0.25, -0.2) is 4.79 Å². The number of hydrogen-bond donors (Lipinski definition) is 3. The van der Waals surface area contributed by atoms with Gasteiger partial charge in [-0.2, -0.15) is 10.2 Å². The molecule has 3 N–H and O–H groups in total. The van der Waals surface area contributed by atoms with Gasteiger partial charge in [-0.3, -0.25) is 9.78 Å². The van der Waals surface area contributed by atoms with E-state index in [2.05, 4.69) is 25.9 Å². The maximum absolute atomic E-state index is 12.1. The third-order valence-electron chi connectivity index (χ3n) is 4.31. The lowest BCUT2D eigenvalue weighted by atomic mass is 10.1. The molecule has 0 aliphatic heterocycles. The van der Waals surface area contributed by atoms with E-state index in [1.54, 1.807) is 17.1 Å². The molecule has 2 amide bonds. The van der Waals surface area contributed by atoms with Gasteiger partial charge in [0.1, 0.15) is 0 Å². The molecule has 0 bridgehead atoms. The number of carbonyl (C=O) groups excluding carboxylic acids is 1. The summed E-state index contributed by atoms with van der Waals surface area (Å²) in [4.78, 5) is 12.1. The Morgan fingerprint density at radius 2 is 2.04 bits per heavy atom. The van der Waals surface area contributed by atoms with Crippen molar-refractivity contribution < 1.29 is 4.79 Å². The number of benzene rings is 1. The monoisotopic (exact) mass is 338 g/mol. The number of amides is 2. The first-order valence-electron chi connectivity index (χ1n) is 8.16. The number of urea groups is 1. The summed E-state index contributed by atoms with van der Waals surface area (Å²) >= 11 is 0. The van der Waals surface area contributed by atoms with Crippen LogP contribution in [0.1, 0.15) is 29.8 Å². The summed E-state index contributed by atoms with van der Waals surface area (Å²) in [6.07, 6.45) is 3.51. The first-order chi connectivity index (χ1) is 12.0. The molecule has 0 aliphatic carbocycles. The minimum atomic E-state index is -0.201. The van der Waals surface area contributed by atoms with E-state index in [9.17, 15) is 4.79 Å². The topological polar surface area (TPSA) is 87.6 Å². The highest BCUT2D eigenvalue weighted by Crippen LogP contribution is 2.17. The van der Waals surface area contributed by atoms with Gasteiger partial charge in [-0.05, 0) is 31.0 Å². The van der Waals surface area contributed by atoms with Crippen LogP contribution >= 0.6 is 0 Å². The molecule has 25 heavy (non-hydrogen) atoms. The second kappa shape index (κ2) is 7.21. The van der Waals surface area contributed by atoms with Gasteiger partial charge in [0.2, 0.25) is 0 Å². The minimum absolute atomic E-state index is 0.101. The highest BCUT2D eigenvalue weighted by atomic mass is 16.2. The van der Waals surface area contributed by atoms with Crippen LogP contribution in [0.3, 0.4) is 0 Å². The molecule has 0 aliphatic rings. The molecule has 3 aromatic rings. The van der Waals surface area contributed by atoms with E-state index in [-0.39, 0.29) is 12.1 Å². The van der Waals surface area contributed by atoms with Gasteiger partial charge in [0, 0.05) is 31.0 Å². The maximum atomic E-state index is 12.1. The number of nitrogens with one attached hydrogen (secondary N) is 3. The zero-order chi connectivity index (χ0) is 17.8. The summed E-state index contributed by atoms with van der Waals surface area (Å²) in [5.74, 6) is 0. The van der Waals surface area contributed by atoms with Crippen LogP contribution in [0, 0.1) is 6.92 Å². The molecule has 130 valence electrons. The summed E-state index contributed by atoms with van der Waals surface area (Å²) in [5, 5.41) is 16.9. The van der Waals surface area contributed by atoms with Crippen LogP contribution in [0.15, 0.2) is 42.7 Å². The zero-order valence-electron chi connectivity index (χ0n) is 14.6. The zero-order valence-corrected chi connectivity index (χ0v) is 14.6. The van der Waals surface area contributed by atoms with Crippen molar-refractivity contribution in [1.29, 1.82) is 0 Å². The maximum Gasteiger partial charge on any atom is 0.315 e. The molecule has 0 saturated heterocycles. The van der Waals surface area contributed by atoms with Gasteiger partial charge >= 0.3 is 6.03 Å². The lowest BCUT2D eigenvalue weighted by molar-refractivity contribution is 0.237. The van der Waals surface area contributed by atoms with Crippen molar-refractivity contribution >= 4 is 6.03 Å². The quantitative estimate of drug-likeness (QED) is 0.668. The molecule has 0 saturated carbocycles. The smallest absolute Gasteiger partial charge is 0.315 e. The third-order valence-corrected chi connectivity index (χ3v) is 4.31. The summed E-state index contributed by atoms with van der Waals surface area (Å²) in [5.41, 5.74) is 5.12. The fourth-order valence-corrected chi connectivity index (χ4v) is 2.67. The standard InChI is InChI=1S/C18H22N6O/c1-12(16-11-21-24(3)13(16)2)22-18(25)19-10-14-4-6-15(7-5-14)17-8-9-20-23-17/h4-9,11-12H,10H2,1-3H3,(H,20,23)(H2,19,22,25). The number of nitrogens with zero attached hydrogens (tertiary/aromatic N) is 3. The lowest BCUT2D eigenvalue weighted by Gasteiger charge is -2.14. The van der Waals surface area contributed by atoms with Crippen LogP contribution in [0.25, 0.3) is 11.3 Å². The van der Waals surface area contributed by atoms with E-state index in [0.717, 1.165) is 28.1 Å².